The summed E-state index contributed by atoms with van der Waals surface area (Å²) in [4.78, 5) is 0. The van der Waals surface area contributed by atoms with Crippen molar-refractivity contribution in [1.82, 2.24) is 4.31 Å². The van der Waals surface area contributed by atoms with Gasteiger partial charge in [-0.3, -0.25) is 0 Å². The van der Waals surface area contributed by atoms with Crippen LogP contribution in [-0.4, -0.2) is 30.5 Å². The Bertz CT molecular complexity index is 475. The molecule has 0 spiro atoms. The third-order valence-corrected chi connectivity index (χ3v) is 5.56. The van der Waals surface area contributed by atoms with Gasteiger partial charge in [-0.05, 0) is 6.07 Å². The number of ether oxygens (including phenoxy) is 1. The number of halogens is 1. The molecule has 0 N–H and O–H groups in total. The fraction of sp³-hybridized carbons (Fsp3) is 0.400. The van der Waals surface area contributed by atoms with Crippen molar-refractivity contribution in [1.29, 1.82) is 0 Å². The molecular weight excluding hydrogens is 294 g/mol. The SMILES string of the molecule is O=S(=O)(CBr)N1CCOc2ccccc2C1. The second kappa shape index (κ2) is 4.73. The van der Waals surface area contributed by atoms with Crippen molar-refractivity contribution in [3.63, 3.8) is 0 Å². The minimum absolute atomic E-state index is 0.0534. The maximum atomic E-state index is 11.7. The van der Waals surface area contributed by atoms with Crippen molar-refractivity contribution in [2.24, 2.45) is 0 Å². The lowest BCUT2D eigenvalue weighted by Crippen LogP contribution is -2.33. The first-order chi connectivity index (χ1) is 7.63. The van der Waals surface area contributed by atoms with Gasteiger partial charge in [-0.25, -0.2) is 8.42 Å². The minimum atomic E-state index is -3.22. The quantitative estimate of drug-likeness (QED) is 0.779. The number of alkyl halides is 1. The Morgan fingerprint density at radius 3 is 2.88 bits per heavy atom. The Kier molecular flexibility index (Phi) is 3.51. The summed E-state index contributed by atoms with van der Waals surface area (Å²) in [5.41, 5.74) is 0.907. The van der Waals surface area contributed by atoms with Gasteiger partial charge in [0, 0.05) is 18.7 Å². The van der Waals surface area contributed by atoms with Crippen LogP contribution in [0.4, 0.5) is 0 Å². The predicted molar refractivity (Wildman–Crippen MR) is 65.1 cm³/mol. The van der Waals surface area contributed by atoms with Gasteiger partial charge < -0.3 is 4.74 Å². The minimum Gasteiger partial charge on any atom is -0.492 e. The van der Waals surface area contributed by atoms with Gasteiger partial charge in [-0.15, -0.1) is 0 Å². The standard InChI is InChI=1S/C10H12BrNO3S/c11-8-16(13,14)12-5-6-15-10-4-2-1-3-9(10)7-12/h1-4H,5-8H2. The van der Waals surface area contributed by atoms with Crippen LogP contribution in [0.5, 0.6) is 5.75 Å². The summed E-state index contributed by atoms with van der Waals surface area (Å²) in [6.45, 7) is 1.16. The molecule has 0 saturated heterocycles. The van der Waals surface area contributed by atoms with E-state index < -0.39 is 10.0 Å². The predicted octanol–water partition coefficient (Wildman–Crippen LogP) is 1.56. The van der Waals surface area contributed by atoms with Crippen molar-refractivity contribution >= 4 is 26.0 Å². The third-order valence-electron chi connectivity index (χ3n) is 2.45. The van der Waals surface area contributed by atoms with E-state index in [0.29, 0.717) is 19.7 Å². The Morgan fingerprint density at radius 2 is 2.12 bits per heavy atom. The molecule has 16 heavy (non-hydrogen) atoms. The summed E-state index contributed by atoms with van der Waals surface area (Å²) < 4.78 is 30.4. The van der Waals surface area contributed by atoms with Crippen LogP contribution in [0.3, 0.4) is 0 Å². The second-order valence-corrected chi connectivity index (χ2v) is 6.78. The van der Waals surface area contributed by atoms with Crippen LogP contribution in [-0.2, 0) is 16.6 Å². The average molecular weight is 306 g/mol. The van der Waals surface area contributed by atoms with Crippen molar-refractivity contribution in [3.8, 4) is 5.75 Å². The number of rotatable bonds is 2. The lowest BCUT2D eigenvalue weighted by molar-refractivity contribution is 0.293. The molecule has 2 rings (SSSR count). The van der Waals surface area contributed by atoms with Crippen LogP contribution in [0.2, 0.25) is 0 Å². The number of benzene rings is 1. The molecule has 0 amide bonds. The van der Waals surface area contributed by atoms with Gasteiger partial charge >= 0.3 is 0 Å². The fourth-order valence-electron chi connectivity index (χ4n) is 1.61. The van der Waals surface area contributed by atoms with Crippen molar-refractivity contribution in [2.45, 2.75) is 6.54 Å². The number of sulfonamides is 1. The molecule has 0 aliphatic carbocycles. The molecule has 0 aromatic heterocycles. The van der Waals surface area contributed by atoms with Crippen LogP contribution in [0.25, 0.3) is 0 Å². The zero-order valence-corrected chi connectivity index (χ0v) is 11.0. The van der Waals surface area contributed by atoms with Crippen LogP contribution in [0, 0.1) is 0 Å². The number of nitrogens with zero attached hydrogens (tertiary/aromatic N) is 1. The van der Waals surface area contributed by atoms with Crippen molar-refractivity contribution < 1.29 is 13.2 Å². The maximum absolute atomic E-state index is 11.7. The number of fused-ring (bicyclic) bond motifs is 1. The molecule has 0 bridgehead atoms. The van der Waals surface area contributed by atoms with Gasteiger partial charge in [0.05, 0.1) is 0 Å². The summed E-state index contributed by atoms with van der Waals surface area (Å²) in [6.07, 6.45) is 0. The molecular formula is C10H12BrNO3S. The van der Waals surface area contributed by atoms with E-state index in [2.05, 4.69) is 15.9 Å². The third kappa shape index (κ3) is 2.39. The lowest BCUT2D eigenvalue weighted by Gasteiger charge is -2.17. The van der Waals surface area contributed by atoms with E-state index in [1.807, 2.05) is 24.3 Å². The van der Waals surface area contributed by atoms with Crippen LogP contribution < -0.4 is 4.74 Å². The molecule has 1 aliphatic heterocycles. The number of hydrogen-bond acceptors (Lipinski definition) is 3. The topological polar surface area (TPSA) is 46.6 Å². The van der Waals surface area contributed by atoms with Crippen LogP contribution >= 0.6 is 15.9 Å². The summed E-state index contributed by atoms with van der Waals surface area (Å²) in [7, 11) is -3.22. The molecule has 1 aromatic carbocycles. The fourth-order valence-corrected chi connectivity index (χ4v) is 3.30. The van der Waals surface area contributed by atoms with E-state index in [4.69, 9.17) is 4.74 Å². The van der Waals surface area contributed by atoms with E-state index in [1.165, 1.54) is 4.31 Å². The molecule has 0 atom stereocenters. The molecule has 1 aliphatic rings. The largest absolute Gasteiger partial charge is 0.492 e. The van der Waals surface area contributed by atoms with Gasteiger partial charge in [0.1, 0.15) is 17.0 Å². The molecule has 0 unspecified atom stereocenters. The zero-order chi connectivity index (χ0) is 11.6. The highest BCUT2D eigenvalue weighted by Crippen LogP contribution is 2.24. The first kappa shape index (κ1) is 11.9. The first-order valence-corrected chi connectivity index (χ1v) is 7.61. The Labute approximate surface area is 103 Å². The molecule has 6 heteroatoms. The van der Waals surface area contributed by atoms with Crippen molar-refractivity contribution in [3.05, 3.63) is 29.8 Å². The first-order valence-electron chi connectivity index (χ1n) is 4.88. The van der Waals surface area contributed by atoms with E-state index >= 15 is 0 Å². The molecule has 88 valence electrons. The highest BCUT2D eigenvalue weighted by Gasteiger charge is 2.24. The number of para-hydroxylation sites is 1. The lowest BCUT2D eigenvalue weighted by atomic mass is 10.2. The van der Waals surface area contributed by atoms with E-state index in [0.717, 1.165) is 11.3 Å². The monoisotopic (exact) mass is 305 g/mol. The smallest absolute Gasteiger partial charge is 0.224 e. The number of hydrogen-bond donors (Lipinski definition) is 0. The van der Waals surface area contributed by atoms with E-state index in [-0.39, 0.29) is 4.66 Å². The average Bonchev–Trinajstić information content (AvgIpc) is 2.51. The van der Waals surface area contributed by atoms with E-state index in [9.17, 15) is 8.42 Å². The summed E-state index contributed by atoms with van der Waals surface area (Å²) in [5.74, 6) is 0.773. The second-order valence-electron chi connectivity index (χ2n) is 3.51. The van der Waals surface area contributed by atoms with Gasteiger partial charge in [-0.2, -0.15) is 4.31 Å². The Hall–Kier alpha value is -0.590. The highest BCUT2D eigenvalue weighted by molar-refractivity contribution is 9.10. The Balaban J connectivity index is 2.30. The molecule has 1 heterocycles. The summed E-state index contributed by atoms with van der Waals surface area (Å²) in [6, 6.07) is 7.51. The van der Waals surface area contributed by atoms with Gasteiger partial charge in [0.15, 0.2) is 0 Å². The maximum Gasteiger partial charge on any atom is 0.224 e. The van der Waals surface area contributed by atoms with Gasteiger partial charge in [0.2, 0.25) is 10.0 Å². The molecule has 0 radical (unpaired) electrons. The van der Waals surface area contributed by atoms with Gasteiger partial charge in [0.25, 0.3) is 0 Å². The van der Waals surface area contributed by atoms with Crippen molar-refractivity contribution in [2.75, 3.05) is 17.8 Å². The molecule has 0 fully saturated rings. The highest BCUT2D eigenvalue weighted by atomic mass is 79.9. The van der Waals surface area contributed by atoms with E-state index in [1.54, 1.807) is 0 Å². The van der Waals surface area contributed by atoms with Crippen LogP contribution in [0.15, 0.2) is 24.3 Å². The summed E-state index contributed by atoms with van der Waals surface area (Å²) in [5, 5.41) is 0. The molecule has 4 nitrogen and oxygen atoms in total. The van der Waals surface area contributed by atoms with Crippen LogP contribution in [0.1, 0.15) is 5.56 Å². The summed E-state index contributed by atoms with van der Waals surface area (Å²) >= 11 is 3.00. The molecule has 0 saturated carbocycles. The molecule has 1 aromatic rings. The van der Waals surface area contributed by atoms with Gasteiger partial charge in [-0.1, -0.05) is 34.1 Å². The Morgan fingerprint density at radius 1 is 1.38 bits per heavy atom. The zero-order valence-electron chi connectivity index (χ0n) is 8.60. The normalized spacial score (nSPS) is 17.3.